The van der Waals surface area contributed by atoms with Gasteiger partial charge >= 0.3 is 0 Å². The minimum absolute atomic E-state index is 0.00246. The molecule has 4 heteroatoms. The molecule has 1 aromatic carbocycles. The molecule has 0 amide bonds. The van der Waals surface area contributed by atoms with Crippen LogP contribution in [-0.4, -0.2) is 18.6 Å². The zero-order valence-corrected chi connectivity index (χ0v) is 8.96. The highest BCUT2D eigenvalue weighted by atomic mass is 35.5. The Kier molecular flexibility index (Phi) is 3.29. The Balaban J connectivity index is 2.06. The van der Waals surface area contributed by atoms with Crippen molar-refractivity contribution >= 4 is 23.2 Å². The molecule has 1 saturated heterocycles. The fraction of sp³-hybridized carbons (Fsp3) is 0.400. The summed E-state index contributed by atoms with van der Waals surface area (Å²) in [5, 5.41) is 0.709. The quantitative estimate of drug-likeness (QED) is 0.731. The van der Waals surface area contributed by atoms with E-state index in [0.717, 1.165) is 5.56 Å². The second kappa shape index (κ2) is 4.49. The molecule has 0 spiro atoms. The Morgan fingerprint density at radius 2 is 2.00 bits per heavy atom. The molecule has 76 valence electrons. The van der Waals surface area contributed by atoms with E-state index in [9.17, 15) is 0 Å². The number of alkyl halides is 1. The molecule has 1 fully saturated rings. The molecule has 0 radical (unpaired) electrons. The zero-order chi connectivity index (χ0) is 9.97. The molecule has 0 aromatic heterocycles. The van der Waals surface area contributed by atoms with Crippen LogP contribution in [-0.2, 0) is 9.47 Å². The first-order chi connectivity index (χ1) is 6.79. The molecule has 1 heterocycles. The van der Waals surface area contributed by atoms with E-state index >= 15 is 0 Å². The highest BCUT2D eigenvalue weighted by Gasteiger charge is 2.26. The van der Waals surface area contributed by atoms with Crippen LogP contribution in [0.3, 0.4) is 0 Å². The van der Waals surface area contributed by atoms with Crippen LogP contribution in [0.5, 0.6) is 0 Å². The molecule has 0 N–H and O–H groups in total. The normalized spacial score (nSPS) is 26.7. The minimum atomic E-state index is -0.295. The van der Waals surface area contributed by atoms with Crippen molar-refractivity contribution in [2.75, 3.05) is 12.5 Å². The summed E-state index contributed by atoms with van der Waals surface area (Å²) < 4.78 is 11.0. The molecular weight excluding hydrogens is 223 g/mol. The van der Waals surface area contributed by atoms with Gasteiger partial charge in [-0.1, -0.05) is 23.7 Å². The van der Waals surface area contributed by atoms with Gasteiger partial charge in [-0.15, -0.1) is 11.6 Å². The summed E-state index contributed by atoms with van der Waals surface area (Å²) in [6.07, 6.45) is -0.298. The molecule has 2 rings (SSSR count). The third-order valence-electron chi connectivity index (χ3n) is 2.06. The molecule has 0 aliphatic carbocycles. The first kappa shape index (κ1) is 10.2. The van der Waals surface area contributed by atoms with E-state index in [2.05, 4.69) is 0 Å². The molecule has 2 atom stereocenters. The lowest BCUT2D eigenvalue weighted by Gasteiger charge is -2.10. The first-order valence-electron chi connectivity index (χ1n) is 4.38. The minimum Gasteiger partial charge on any atom is -0.346 e. The second-order valence-electron chi connectivity index (χ2n) is 3.13. The zero-order valence-electron chi connectivity index (χ0n) is 7.45. The number of benzene rings is 1. The van der Waals surface area contributed by atoms with E-state index in [4.69, 9.17) is 32.7 Å². The lowest BCUT2D eigenvalue weighted by Crippen LogP contribution is -2.10. The summed E-state index contributed by atoms with van der Waals surface area (Å²) in [5.74, 6) is 0.462. The van der Waals surface area contributed by atoms with E-state index in [-0.39, 0.29) is 12.4 Å². The fourth-order valence-corrected chi connectivity index (χ4v) is 1.61. The summed E-state index contributed by atoms with van der Waals surface area (Å²) in [4.78, 5) is 0. The summed E-state index contributed by atoms with van der Waals surface area (Å²) >= 11 is 11.4. The molecule has 0 unspecified atom stereocenters. The van der Waals surface area contributed by atoms with Crippen LogP contribution in [0.25, 0.3) is 0 Å². The second-order valence-corrected chi connectivity index (χ2v) is 3.87. The SMILES string of the molecule is ClC[C@@H]1CO[C@@H](c2ccc(Cl)cc2)O1. The predicted octanol–water partition coefficient (Wildman–Crippen LogP) is 2.99. The van der Waals surface area contributed by atoms with Crippen molar-refractivity contribution in [2.45, 2.75) is 12.4 Å². The molecule has 1 aliphatic rings. The van der Waals surface area contributed by atoms with Crippen molar-refractivity contribution < 1.29 is 9.47 Å². The van der Waals surface area contributed by atoms with Gasteiger partial charge < -0.3 is 9.47 Å². The van der Waals surface area contributed by atoms with E-state index in [1.54, 1.807) is 0 Å². The highest BCUT2D eigenvalue weighted by molar-refractivity contribution is 6.30. The Morgan fingerprint density at radius 1 is 1.29 bits per heavy atom. The van der Waals surface area contributed by atoms with E-state index in [1.807, 2.05) is 24.3 Å². The maximum Gasteiger partial charge on any atom is 0.184 e. The maximum absolute atomic E-state index is 5.77. The van der Waals surface area contributed by atoms with Crippen LogP contribution in [0.15, 0.2) is 24.3 Å². The lowest BCUT2D eigenvalue weighted by molar-refractivity contribution is -0.0567. The molecular formula is C10H10Cl2O2. The van der Waals surface area contributed by atoms with Gasteiger partial charge in [0.1, 0.15) is 0 Å². The summed E-state index contributed by atoms with van der Waals surface area (Å²) in [6.45, 7) is 0.552. The molecule has 0 bridgehead atoms. The standard InChI is InChI=1S/C10H10Cl2O2/c11-5-9-6-13-10(14-9)7-1-3-8(12)4-2-7/h1-4,9-10H,5-6H2/t9-,10-/m1/s1. The van der Waals surface area contributed by atoms with Crippen molar-refractivity contribution in [1.82, 2.24) is 0 Å². The smallest absolute Gasteiger partial charge is 0.184 e. The molecule has 1 aromatic rings. The summed E-state index contributed by atoms with van der Waals surface area (Å²) in [7, 11) is 0. The van der Waals surface area contributed by atoms with Gasteiger partial charge in [0.05, 0.1) is 18.6 Å². The number of rotatable bonds is 2. The van der Waals surface area contributed by atoms with Crippen LogP contribution in [0.4, 0.5) is 0 Å². The van der Waals surface area contributed by atoms with Crippen LogP contribution in [0.1, 0.15) is 11.9 Å². The van der Waals surface area contributed by atoms with E-state index < -0.39 is 0 Å². The van der Waals surface area contributed by atoms with Gasteiger partial charge in [-0.05, 0) is 12.1 Å². The van der Waals surface area contributed by atoms with Gasteiger partial charge in [0, 0.05) is 10.6 Å². The number of hydrogen-bond acceptors (Lipinski definition) is 2. The van der Waals surface area contributed by atoms with Crippen molar-refractivity contribution in [1.29, 1.82) is 0 Å². The monoisotopic (exact) mass is 232 g/mol. The fourth-order valence-electron chi connectivity index (χ4n) is 1.32. The van der Waals surface area contributed by atoms with Crippen LogP contribution in [0, 0.1) is 0 Å². The van der Waals surface area contributed by atoms with Gasteiger partial charge in [-0.25, -0.2) is 0 Å². The highest BCUT2D eigenvalue weighted by Crippen LogP contribution is 2.27. The number of hydrogen-bond donors (Lipinski definition) is 0. The van der Waals surface area contributed by atoms with Crippen LogP contribution < -0.4 is 0 Å². The summed E-state index contributed by atoms with van der Waals surface area (Å²) in [6, 6.07) is 7.42. The van der Waals surface area contributed by atoms with Gasteiger partial charge in [0.25, 0.3) is 0 Å². The molecule has 2 nitrogen and oxygen atoms in total. The molecule has 14 heavy (non-hydrogen) atoms. The largest absolute Gasteiger partial charge is 0.346 e. The Morgan fingerprint density at radius 3 is 2.57 bits per heavy atom. The maximum atomic E-state index is 5.77. The van der Waals surface area contributed by atoms with E-state index in [1.165, 1.54) is 0 Å². The van der Waals surface area contributed by atoms with Crippen LogP contribution >= 0.6 is 23.2 Å². The third-order valence-corrected chi connectivity index (χ3v) is 2.66. The number of halogens is 2. The van der Waals surface area contributed by atoms with Crippen molar-refractivity contribution in [2.24, 2.45) is 0 Å². The Bertz CT molecular complexity index is 299. The van der Waals surface area contributed by atoms with Gasteiger partial charge in [-0.3, -0.25) is 0 Å². The Hall–Kier alpha value is -0.280. The van der Waals surface area contributed by atoms with Crippen molar-refractivity contribution in [3.05, 3.63) is 34.9 Å². The molecule has 0 saturated carbocycles. The Labute approximate surface area is 92.7 Å². The van der Waals surface area contributed by atoms with E-state index in [0.29, 0.717) is 17.5 Å². The van der Waals surface area contributed by atoms with Gasteiger partial charge in [-0.2, -0.15) is 0 Å². The van der Waals surface area contributed by atoms with Gasteiger partial charge in [0.15, 0.2) is 6.29 Å². The van der Waals surface area contributed by atoms with Crippen molar-refractivity contribution in [3.8, 4) is 0 Å². The van der Waals surface area contributed by atoms with Crippen molar-refractivity contribution in [3.63, 3.8) is 0 Å². The number of ether oxygens (including phenoxy) is 2. The topological polar surface area (TPSA) is 18.5 Å². The average molecular weight is 233 g/mol. The first-order valence-corrected chi connectivity index (χ1v) is 5.29. The molecule has 1 aliphatic heterocycles. The third kappa shape index (κ3) is 2.20. The van der Waals surface area contributed by atoms with Crippen LogP contribution in [0.2, 0.25) is 5.02 Å². The predicted molar refractivity (Wildman–Crippen MR) is 55.7 cm³/mol. The van der Waals surface area contributed by atoms with Gasteiger partial charge in [0.2, 0.25) is 0 Å². The summed E-state index contributed by atoms with van der Waals surface area (Å²) in [5.41, 5.74) is 0.974. The average Bonchev–Trinajstić information content (AvgIpc) is 2.67. The lowest BCUT2D eigenvalue weighted by atomic mass is 10.2.